The molecule has 1 heterocycles. The van der Waals surface area contributed by atoms with Gasteiger partial charge < -0.3 is 10.6 Å². The fraction of sp³-hybridized carbons (Fsp3) is 0.238. The molecule has 2 amide bonds. The molecule has 0 spiro atoms. The topological polar surface area (TPSA) is 54.0 Å². The lowest BCUT2D eigenvalue weighted by Crippen LogP contribution is -2.28. The number of aromatic nitrogens is 1. The third kappa shape index (κ3) is 4.11. The van der Waals surface area contributed by atoms with E-state index >= 15 is 0 Å². The molecule has 3 aromatic rings. The average molecular weight is 366 g/mol. The van der Waals surface area contributed by atoms with E-state index in [1.165, 1.54) is 11.1 Å². The van der Waals surface area contributed by atoms with E-state index in [2.05, 4.69) is 41.6 Å². The number of thiazole rings is 1. The van der Waals surface area contributed by atoms with Gasteiger partial charge >= 0.3 is 6.03 Å². The number of nitrogens with one attached hydrogen (secondary N) is 2. The van der Waals surface area contributed by atoms with Gasteiger partial charge in [-0.15, -0.1) is 11.3 Å². The van der Waals surface area contributed by atoms with Gasteiger partial charge in [0.15, 0.2) is 0 Å². The van der Waals surface area contributed by atoms with Gasteiger partial charge in [0.2, 0.25) is 0 Å². The van der Waals surface area contributed by atoms with Crippen molar-refractivity contribution in [2.45, 2.75) is 34.2 Å². The monoisotopic (exact) mass is 365 g/mol. The predicted octanol–water partition coefficient (Wildman–Crippen LogP) is 5.37. The van der Waals surface area contributed by atoms with Gasteiger partial charge in [0.05, 0.1) is 12.2 Å². The standard InChI is InChI=1S/C21H23N3OS/c1-13-9-10-17(11-15(13)3)24-21(25)22-12-19-16(4)23-20(26-19)18-8-6-5-7-14(18)2/h5-11H,12H2,1-4H3,(H2,22,24,25). The van der Waals surface area contributed by atoms with E-state index in [1.54, 1.807) is 11.3 Å². The minimum absolute atomic E-state index is 0.210. The summed E-state index contributed by atoms with van der Waals surface area (Å²) >= 11 is 1.63. The van der Waals surface area contributed by atoms with E-state index < -0.39 is 0 Å². The molecule has 134 valence electrons. The highest BCUT2D eigenvalue weighted by Crippen LogP contribution is 2.30. The number of anilines is 1. The number of carbonyl (C=O) groups is 1. The van der Waals surface area contributed by atoms with Crippen molar-refractivity contribution in [3.63, 3.8) is 0 Å². The highest BCUT2D eigenvalue weighted by molar-refractivity contribution is 7.15. The molecule has 0 saturated carbocycles. The van der Waals surface area contributed by atoms with Crippen LogP contribution < -0.4 is 10.6 Å². The van der Waals surface area contributed by atoms with E-state index in [0.717, 1.165) is 32.4 Å². The molecule has 0 atom stereocenters. The maximum absolute atomic E-state index is 12.2. The highest BCUT2D eigenvalue weighted by Gasteiger charge is 2.12. The maximum Gasteiger partial charge on any atom is 0.319 e. The third-order valence-corrected chi connectivity index (χ3v) is 5.63. The zero-order valence-corrected chi connectivity index (χ0v) is 16.3. The summed E-state index contributed by atoms with van der Waals surface area (Å²) in [4.78, 5) is 17.9. The number of hydrogen-bond acceptors (Lipinski definition) is 3. The van der Waals surface area contributed by atoms with Crippen molar-refractivity contribution < 1.29 is 4.79 Å². The normalized spacial score (nSPS) is 10.6. The summed E-state index contributed by atoms with van der Waals surface area (Å²) in [6.07, 6.45) is 0. The van der Waals surface area contributed by atoms with E-state index in [4.69, 9.17) is 0 Å². The molecule has 0 aliphatic heterocycles. The van der Waals surface area contributed by atoms with Gasteiger partial charge in [-0.2, -0.15) is 0 Å². The maximum atomic E-state index is 12.2. The van der Waals surface area contributed by atoms with E-state index in [0.29, 0.717) is 6.54 Å². The first-order valence-electron chi connectivity index (χ1n) is 8.58. The molecule has 0 radical (unpaired) electrons. The van der Waals surface area contributed by atoms with Crippen molar-refractivity contribution in [2.75, 3.05) is 5.32 Å². The molecular weight excluding hydrogens is 342 g/mol. The van der Waals surface area contributed by atoms with Gasteiger partial charge in [0.1, 0.15) is 5.01 Å². The summed E-state index contributed by atoms with van der Waals surface area (Å²) in [6.45, 7) is 8.62. The molecule has 4 nitrogen and oxygen atoms in total. The first kappa shape index (κ1) is 18.1. The lowest BCUT2D eigenvalue weighted by atomic mass is 10.1. The Labute approximate surface area is 158 Å². The Hall–Kier alpha value is -2.66. The molecule has 5 heteroatoms. The van der Waals surface area contributed by atoms with Crippen LogP contribution in [-0.4, -0.2) is 11.0 Å². The van der Waals surface area contributed by atoms with Crippen molar-refractivity contribution in [2.24, 2.45) is 0 Å². The van der Waals surface area contributed by atoms with Gasteiger partial charge in [0, 0.05) is 16.1 Å². The van der Waals surface area contributed by atoms with Crippen LogP contribution in [0, 0.1) is 27.7 Å². The van der Waals surface area contributed by atoms with Crippen molar-refractivity contribution >= 4 is 23.1 Å². The number of benzene rings is 2. The van der Waals surface area contributed by atoms with Crippen LogP contribution >= 0.6 is 11.3 Å². The summed E-state index contributed by atoms with van der Waals surface area (Å²) < 4.78 is 0. The summed E-state index contributed by atoms with van der Waals surface area (Å²) in [5, 5.41) is 6.80. The number of hydrogen-bond donors (Lipinski definition) is 2. The Balaban J connectivity index is 1.65. The Morgan fingerprint density at radius 2 is 1.77 bits per heavy atom. The number of amides is 2. The number of carbonyl (C=O) groups excluding carboxylic acids is 1. The second-order valence-corrected chi connectivity index (χ2v) is 7.53. The van der Waals surface area contributed by atoms with Crippen molar-refractivity contribution in [3.05, 3.63) is 69.7 Å². The number of aryl methyl sites for hydroxylation is 4. The molecule has 2 aromatic carbocycles. The minimum atomic E-state index is -0.210. The zero-order chi connectivity index (χ0) is 18.7. The van der Waals surface area contributed by atoms with Gasteiger partial charge in [-0.1, -0.05) is 30.3 Å². The lowest BCUT2D eigenvalue weighted by molar-refractivity contribution is 0.252. The minimum Gasteiger partial charge on any atom is -0.333 e. The summed E-state index contributed by atoms with van der Waals surface area (Å²) in [7, 11) is 0. The molecule has 0 bridgehead atoms. The number of nitrogens with zero attached hydrogens (tertiary/aromatic N) is 1. The van der Waals surface area contributed by atoms with E-state index in [9.17, 15) is 4.79 Å². The van der Waals surface area contributed by atoms with Gasteiger partial charge in [-0.25, -0.2) is 9.78 Å². The van der Waals surface area contributed by atoms with Crippen molar-refractivity contribution in [3.8, 4) is 10.6 Å². The second-order valence-electron chi connectivity index (χ2n) is 6.45. The van der Waals surface area contributed by atoms with E-state index in [-0.39, 0.29) is 6.03 Å². The van der Waals surface area contributed by atoms with Crippen LogP contribution in [0.1, 0.15) is 27.3 Å². The Morgan fingerprint density at radius 1 is 1.00 bits per heavy atom. The molecule has 0 fully saturated rings. The van der Waals surface area contributed by atoms with Gasteiger partial charge in [-0.3, -0.25) is 0 Å². The molecule has 3 rings (SSSR count). The van der Waals surface area contributed by atoms with Crippen molar-refractivity contribution in [1.82, 2.24) is 10.3 Å². The summed E-state index contributed by atoms with van der Waals surface area (Å²) in [5.41, 5.74) is 6.47. The third-order valence-electron chi connectivity index (χ3n) is 4.44. The van der Waals surface area contributed by atoms with Gasteiger partial charge in [-0.05, 0) is 56.5 Å². The van der Waals surface area contributed by atoms with Crippen molar-refractivity contribution in [1.29, 1.82) is 0 Å². The Morgan fingerprint density at radius 3 is 2.50 bits per heavy atom. The quantitative estimate of drug-likeness (QED) is 0.653. The molecule has 0 unspecified atom stereocenters. The van der Waals surface area contributed by atoms with Crippen LogP contribution in [0.2, 0.25) is 0 Å². The summed E-state index contributed by atoms with van der Waals surface area (Å²) in [5.74, 6) is 0. The second kappa shape index (κ2) is 7.70. The molecule has 1 aromatic heterocycles. The highest BCUT2D eigenvalue weighted by atomic mass is 32.1. The van der Waals surface area contributed by atoms with E-state index in [1.807, 2.05) is 44.2 Å². The molecular formula is C21H23N3OS. The summed E-state index contributed by atoms with van der Waals surface area (Å²) in [6, 6.07) is 13.9. The smallest absolute Gasteiger partial charge is 0.319 e. The van der Waals surface area contributed by atoms with Crippen LogP contribution in [0.3, 0.4) is 0 Å². The molecule has 0 aliphatic rings. The van der Waals surface area contributed by atoms with Gasteiger partial charge in [0.25, 0.3) is 0 Å². The Kier molecular flexibility index (Phi) is 5.38. The van der Waals surface area contributed by atoms with Crippen LogP contribution in [0.4, 0.5) is 10.5 Å². The van der Waals surface area contributed by atoms with Crippen LogP contribution in [0.15, 0.2) is 42.5 Å². The molecule has 2 N–H and O–H groups in total. The first-order valence-corrected chi connectivity index (χ1v) is 9.40. The fourth-order valence-electron chi connectivity index (χ4n) is 2.68. The molecule has 0 aliphatic carbocycles. The first-order chi connectivity index (χ1) is 12.4. The number of urea groups is 1. The van der Waals surface area contributed by atoms with Crippen LogP contribution in [-0.2, 0) is 6.54 Å². The predicted molar refractivity (Wildman–Crippen MR) is 109 cm³/mol. The van der Waals surface area contributed by atoms with Crippen LogP contribution in [0.25, 0.3) is 10.6 Å². The zero-order valence-electron chi connectivity index (χ0n) is 15.5. The number of rotatable bonds is 4. The Bertz CT molecular complexity index is 946. The average Bonchev–Trinajstić information content (AvgIpc) is 2.97. The molecule has 26 heavy (non-hydrogen) atoms. The molecule has 0 saturated heterocycles. The largest absolute Gasteiger partial charge is 0.333 e. The SMILES string of the molecule is Cc1ccc(NC(=O)NCc2sc(-c3ccccc3C)nc2C)cc1C. The lowest BCUT2D eigenvalue weighted by Gasteiger charge is -2.09. The van der Waals surface area contributed by atoms with Crippen LogP contribution in [0.5, 0.6) is 0 Å². The fourth-order valence-corrected chi connectivity index (χ4v) is 3.77.